The van der Waals surface area contributed by atoms with Crippen LogP contribution in [0.5, 0.6) is 11.5 Å². The second kappa shape index (κ2) is 7.85. The zero-order valence-electron chi connectivity index (χ0n) is 11.5. The molecule has 0 saturated heterocycles. The van der Waals surface area contributed by atoms with Gasteiger partial charge in [-0.3, -0.25) is 0 Å². The van der Waals surface area contributed by atoms with Gasteiger partial charge in [0.05, 0.1) is 25.3 Å². The topological polar surface area (TPSA) is 82.4 Å². The first kappa shape index (κ1) is 15.6. The molecule has 106 valence electrons. The van der Waals surface area contributed by atoms with E-state index >= 15 is 0 Å². The molecule has 0 aliphatic carbocycles. The number of methoxy groups -OCH3 is 1. The fourth-order valence-electron chi connectivity index (χ4n) is 1.52. The van der Waals surface area contributed by atoms with Crippen LogP contribution in [0.15, 0.2) is 23.8 Å². The summed E-state index contributed by atoms with van der Waals surface area (Å²) in [6.45, 7) is 2.66. The van der Waals surface area contributed by atoms with E-state index in [4.69, 9.17) is 14.7 Å². The minimum absolute atomic E-state index is 0.438. The summed E-state index contributed by atoms with van der Waals surface area (Å²) in [6.07, 6.45) is 3.20. The van der Waals surface area contributed by atoms with Crippen molar-refractivity contribution in [1.29, 1.82) is 5.26 Å². The minimum atomic E-state index is -1.50. The summed E-state index contributed by atoms with van der Waals surface area (Å²) in [5.74, 6) is -0.426. The third kappa shape index (κ3) is 4.32. The van der Waals surface area contributed by atoms with Gasteiger partial charge < -0.3 is 19.4 Å². The van der Waals surface area contributed by atoms with Gasteiger partial charge in [0, 0.05) is 0 Å². The summed E-state index contributed by atoms with van der Waals surface area (Å²) in [4.78, 5) is 10.7. The Morgan fingerprint density at radius 2 is 2.20 bits per heavy atom. The molecule has 0 saturated carbocycles. The molecule has 0 unspecified atom stereocenters. The number of hydrogen-bond acceptors (Lipinski definition) is 5. The lowest BCUT2D eigenvalue weighted by Crippen LogP contribution is -2.23. The molecule has 0 heterocycles. The number of carboxylic acid groups (broad SMARTS) is 1. The molecule has 0 atom stereocenters. The number of nitrogens with zero attached hydrogens (tertiary/aromatic N) is 1. The summed E-state index contributed by atoms with van der Waals surface area (Å²) in [7, 11) is 1.50. The van der Waals surface area contributed by atoms with Crippen molar-refractivity contribution in [2.24, 2.45) is 0 Å². The zero-order chi connectivity index (χ0) is 15.0. The standard InChI is InChI=1S/C15H17NO4/c1-3-4-7-20-13-6-5-11(9-14(13)19-2)8-12(10-16)15(17)18/h5-6,8-9H,3-4,7H2,1-2H3,(H,17,18)/p-1/b12-8+. The van der Waals surface area contributed by atoms with Crippen molar-refractivity contribution < 1.29 is 19.4 Å². The smallest absolute Gasteiger partial charge is 0.161 e. The molecule has 1 rings (SSSR count). The maximum atomic E-state index is 10.7. The molecule has 1 aromatic carbocycles. The lowest BCUT2D eigenvalue weighted by atomic mass is 10.1. The zero-order valence-corrected chi connectivity index (χ0v) is 11.5. The average Bonchev–Trinajstić information content (AvgIpc) is 2.45. The largest absolute Gasteiger partial charge is 0.544 e. The molecule has 0 radical (unpaired) electrons. The fraction of sp³-hybridized carbons (Fsp3) is 0.333. The summed E-state index contributed by atoms with van der Waals surface area (Å²) < 4.78 is 10.8. The van der Waals surface area contributed by atoms with E-state index in [-0.39, 0.29) is 0 Å². The number of unbranched alkanes of at least 4 members (excludes halogenated alkanes) is 1. The van der Waals surface area contributed by atoms with E-state index < -0.39 is 11.5 Å². The highest BCUT2D eigenvalue weighted by molar-refractivity contribution is 5.95. The first-order chi connectivity index (χ1) is 9.62. The summed E-state index contributed by atoms with van der Waals surface area (Å²) in [5.41, 5.74) is 0.0946. The second-order valence-corrected chi connectivity index (χ2v) is 4.07. The number of benzene rings is 1. The highest BCUT2D eigenvalue weighted by atomic mass is 16.5. The number of nitriles is 1. The maximum Gasteiger partial charge on any atom is 0.161 e. The Bertz CT molecular complexity index is 543. The van der Waals surface area contributed by atoms with E-state index in [0.717, 1.165) is 12.8 Å². The van der Waals surface area contributed by atoms with Crippen LogP contribution in [0, 0.1) is 11.3 Å². The van der Waals surface area contributed by atoms with Crippen molar-refractivity contribution in [3.63, 3.8) is 0 Å². The van der Waals surface area contributed by atoms with Crippen molar-refractivity contribution in [3.05, 3.63) is 29.3 Å². The van der Waals surface area contributed by atoms with Crippen LogP contribution in [-0.4, -0.2) is 19.7 Å². The van der Waals surface area contributed by atoms with Crippen molar-refractivity contribution >= 4 is 12.0 Å². The molecule has 1 aromatic rings. The third-order valence-corrected chi connectivity index (χ3v) is 2.59. The van der Waals surface area contributed by atoms with E-state index in [1.807, 2.05) is 0 Å². The van der Waals surface area contributed by atoms with Crippen molar-refractivity contribution in [2.75, 3.05) is 13.7 Å². The van der Waals surface area contributed by atoms with Gasteiger partial charge in [0.15, 0.2) is 11.5 Å². The molecule has 0 bridgehead atoms. The number of hydrogen-bond donors (Lipinski definition) is 0. The second-order valence-electron chi connectivity index (χ2n) is 4.07. The molecule has 5 heteroatoms. The molecule has 0 amide bonds. The number of carbonyl (C=O) groups excluding carboxylic acids is 1. The number of aliphatic carboxylic acids is 1. The molecule has 0 spiro atoms. The van der Waals surface area contributed by atoms with Crippen molar-refractivity contribution in [2.45, 2.75) is 19.8 Å². The SMILES string of the molecule is CCCCOc1ccc(/C=C(\C#N)C(=O)[O-])cc1OC. The van der Waals surface area contributed by atoms with Crippen molar-refractivity contribution in [3.8, 4) is 17.6 Å². The summed E-state index contributed by atoms with van der Waals surface area (Å²) in [5, 5.41) is 19.4. The van der Waals surface area contributed by atoms with E-state index in [2.05, 4.69) is 6.92 Å². The Balaban J connectivity index is 2.98. The van der Waals surface area contributed by atoms with Gasteiger partial charge in [-0.2, -0.15) is 5.26 Å². The highest BCUT2D eigenvalue weighted by Gasteiger charge is 2.06. The summed E-state index contributed by atoms with van der Waals surface area (Å²) in [6, 6.07) is 6.53. The highest BCUT2D eigenvalue weighted by Crippen LogP contribution is 2.29. The predicted molar refractivity (Wildman–Crippen MR) is 72.0 cm³/mol. The molecule has 0 N–H and O–H groups in total. The molecule has 0 aliphatic rings. The Hall–Kier alpha value is -2.48. The van der Waals surface area contributed by atoms with Gasteiger partial charge in [-0.25, -0.2) is 0 Å². The Labute approximate surface area is 118 Å². The Kier molecular flexibility index (Phi) is 6.11. The third-order valence-electron chi connectivity index (χ3n) is 2.59. The van der Waals surface area contributed by atoms with Gasteiger partial charge in [0.1, 0.15) is 6.07 Å². The van der Waals surface area contributed by atoms with Gasteiger partial charge in [-0.15, -0.1) is 0 Å². The Morgan fingerprint density at radius 3 is 2.75 bits per heavy atom. The Morgan fingerprint density at radius 1 is 1.45 bits per heavy atom. The first-order valence-electron chi connectivity index (χ1n) is 6.26. The average molecular weight is 274 g/mol. The minimum Gasteiger partial charge on any atom is -0.544 e. The maximum absolute atomic E-state index is 10.7. The van der Waals surface area contributed by atoms with E-state index in [9.17, 15) is 9.90 Å². The molecule has 0 aromatic heterocycles. The van der Waals surface area contributed by atoms with Gasteiger partial charge in [0.25, 0.3) is 0 Å². The number of carbonyl (C=O) groups is 1. The van der Waals surface area contributed by atoms with E-state index in [1.54, 1.807) is 24.3 Å². The van der Waals surface area contributed by atoms with Crippen LogP contribution in [0.25, 0.3) is 6.08 Å². The number of carboxylic acids is 1. The van der Waals surface area contributed by atoms with E-state index in [0.29, 0.717) is 23.7 Å². The summed E-state index contributed by atoms with van der Waals surface area (Å²) >= 11 is 0. The molecular formula is C15H16NO4-. The molecule has 20 heavy (non-hydrogen) atoms. The van der Waals surface area contributed by atoms with Crippen molar-refractivity contribution in [1.82, 2.24) is 0 Å². The van der Waals surface area contributed by atoms with Gasteiger partial charge in [0.2, 0.25) is 0 Å². The van der Waals surface area contributed by atoms with Crippen LogP contribution < -0.4 is 14.6 Å². The van der Waals surface area contributed by atoms with Gasteiger partial charge in [-0.1, -0.05) is 19.4 Å². The quantitative estimate of drug-likeness (QED) is 0.428. The molecular weight excluding hydrogens is 258 g/mol. The van der Waals surface area contributed by atoms with Crippen LogP contribution >= 0.6 is 0 Å². The van der Waals surface area contributed by atoms with Crippen LogP contribution in [-0.2, 0) is 4.79 Å². The van der Waals surface area contributed by atoms with Crippen LogP contribution in [0.1, 0.15) is 25.3 Å². The molecule has 5 nitrogen and oxygen atoms in total. The normalized spacial score (nSPS) is 10.8. The van der Waals surface area contributed by atoms with Gasteiger partial charge >= 0.3 is 0 Å². The lowest BCUT2D eigenvalue weighted by Gasteiger charge is -2.11. The first-order valence-corrected chi connectivity index (χ1v) is 6.26. The molecule has 0 aliphatic heterocycles. The van der Waals surface area contributed by atoms with Crippen LogP contribution in [0.4, 0.5) is 0 Å². The lowest BCUT2D eigenvalue weighted by molar-refractivity contribution is -0.298. The van der Waals surface area contributed by atoms with E-state index in [1.165, 1.54) is 13.2 Å². The fourth-order valence-corrected chi connectivity index (χ4v) is 1.52. The predicted octanol–water partition coefficient (Wildman–Crippen LogP) is 1.53. The van der Waals surface area contributed by atoms with Crippen LogP contribution in [0.3, 0.4) is 0 Å². The number of ether oxygens (including phenoxy) is 2. The van der Waals surface area contributed by atoms with Gasteiger partial charge in [-0.05, 0) is 30.2 Å². The monoisotopic (exact) mass is 274 g/mol. The number of rotatable bonds is 7. The molecule has 0 fully saturated rings. The van der Waals surface area contributed by atoms with Crippen LogP contribution in [0.2, 0.25) is 0 Å².